The highest BCUT2D eigenvalue weighted by Crippen LogP contribution is 2.66. The fraction of sp³-hybridized carbons (Fsp3) is 0.571. The minimum atomic E-state index is -1.06. The van der Waals surface area contributed by atoms with Gasteiger partial charge in [-0.15, -0.1) is 0 Å². The number of pyridine rings is 2. The number of piperazine rings is 1. The molecule has 1 amide bonds. The summed E-state index contributed by atoms with van der Waals surface area (Å²) in [5, 5.41) is 15.2. The predicted molar refractivity (Wildman–Crippen MR) is 305 cm³/mol. The van der Waals surface area contributed by atoms with Gasteiger partial charge in [0.2, 0.25) is 17.7 Å². The fourth-order valence-corrected chi connectivity index (χ4v) is 16.6. The molecule has 5 heterocycles. The number of ether oxygens (including phenoxy) is 5. The van der Waals surface area contributed by atoms with Gasteiger partial charge in [-0.2, -0.15) is 0 Å². The molecule has 19 nitrogen and oxygen atoms in total. The first-order valence-electron chi connectivity index (χ1n) is 29.9. The van der Waals surface area contributed by atoms with Gasteiger partial charge in [-0.25, -0.2) is 23.2 Å². The van der Waals surface area contributed by atoms with E-state index in [0.717, 1.165) is 63.1 Å². The van der Waals surface area contributed by atoms with Crippen molar-refractivity contribution >= 4 is 62.8 Å². The first-order valence-corrected chi connectivity index (χ1v) is 29.9. The molecule has 2 aromatic heterocycles. The van der Waals surface area contributed by atoms with E-state index in [-0.39, 0.29) is 117 Å². The third-order valence-corrected chi connectivity index (χ3v) is 20.8. The van der Waals surface area contributed by atoms with Crippen LogP contribution < -0.4 is 35.4 Å². The lowest BCUT2D eigenvalue weighted by Crippen LogP contribution is -2.56. The van der Waals surface area contributed by atoms with Crippen LogP contribution in [0, 0.1) is 52.1 Å². The average molecular weight is 1160 g/mol. The number of esters is 2. The van der Waals surface area contributed by atoms with E-state index in [9.17, 15) is 38.7 Å². The number of piperidine rings is 1. The minimum Gasteiger partial charge on any atom is -0.492 e. The molecular weight excluding hydrogens is 1090 g/mol. The number of nitrogens with one attached hydrogen (secondary N) is 1. The van der Waals surface area contributed by atoms with Crippen LogP contribution in [0.2, 0.25) is 0 Å². The number of allylic oxidation sites excluding steroid dienone is 4. The van der Waals surface area contributed by atoms with Crippen molar-refractivity contribution in [2.75, 3.05) is 76.7 Å². The second-order valence-corrected chi connectivity index (χ2v) is 25.6. The van der Waals surface area contributed by atoms with Crippen LogP contribution >= 0.6 is 0 Å². The zero-order chi connectivity index (χ0) is 58.8. The van der Waals surface area contributed by atoms with Crippen LogP contribution in [-0.2, 0) is 23.8 Å². The van der Waals surface area contributed by atoms with Crippen molar-refractivity contribution in [1.82, 2.24) is 19.4 Å². The first kappa shape index (κ1) is 56.0. The standard InChI is InChI=1S/C63H72F2N6O13/c1-32-25-67(19-20-69(32)61(79)84-31-83-60(78)42-28-71(36-11-12-36)52-40(56(42)76)23-46(65)54(58(52)81-5)68-26-33-7-6-18-66-47(33)29-68)53-45(64)22-39-51(57(53)80-4)70(35-9-10-35)27-41(55(39)75)59(77)82-30-49(74)44-15-14-43-38-13-8-34-21-37(72)16-17-62(34,2)50(38)48(73)24-63(43,44)3/h16-17,21-23,27-28,32-33,35-36,38,43-44,47-48,50,66,73H,6-15,18-20,24-26,29-31H2,1-5H3/t32?,33?,38-,43?,44+,47?,48-,50?,62-,63-/m0/s1. The largest absolute Gasteiger partial charge is 0.492 e. The highest BCUT2D eigenvalue weighted by molar-refractivity contribution is 6.02. The summed E-state index contributed by atoms with van der Waals surface area (Å²) in [7, 11) is 2.81. The van der Waals surface area contributed by atoms with Crippen molar-refractivity contribution in [1.29, 1.82) is 0 Å². The van der Waals surface area contributed by atoms with E-state index in [2.05, 4.69) is 19.2 Å². The van der Waals surface area contributed by atoms with Crippen molar-refractivity contribution in [3.63, 3.8) is 0 Å². The predicted octanol–water partition coefficient (Wildman–Crippen LogP) is 7.55. The average Bonchev–Trinajstić information content (AvgIpc) is 1.32. The van der Waals surface area contributed by atoms with E-state index in [1.165, 1.54) is 37.6 Å². The second-order valence-electron chi connectivity index (χ2n) is 25.6. The molecule has 3 aliphatic heterocycles. The Hall–Kier alpha value is -7.13. The highest BCUT2D eigenvalue weighted by atomic mass is 19.1. The maximum absolute atomic E-state index is 16.7. The highest BCUT2D eigenvalue weighted by Gasteiger charge is 2.62. The molecule has 2 N–H and O–H groups in total. The quantitative estimate of drug-likeness (QED) is 0.0976. The van der Waals surface area contributed by atoms with Crippen LogP contribution in [0.25, 0.3) is 21.8 Å². The Morgan fingerprint density at radius 2 is 1.39 bits per heavy atom. The van der Waals surface area contributed by atoms with Gasteiger partial charge >= 0.3 is 18.0 Å². The molecule has 0 radical (unpaired) electrons. The normalized spacial score (nSPS) is 29.9. The van der Waals surface area contributed by atoms with Crippen LogP contribution in [-0.4, -0.2) is 134 Å². The summed E-state index contributed by atoms with van der Waals surface area (Å²) in [6.07, 6.45) is 14.9. The number of methoxy groups -OCH3 is 2. The van der Waals surface area contributed by atoms with E-state index in [4.69, 9.17) is 23.7 Å². The maximum Gasteiger partial charge on any atom is 0.413 e. The summed E-state index contributed by atoms with van der Waals surface area (Å²) in [6.45, 7) is 6.86. The monoisotopic (exact) mass is 1160 g/mol. The Bertz CT molecular complexity index is 3630. The lowest BCUT2D eigenvalue weighted by atomic mass is 9.46. The Morgan fingerprint density at radius 3 is 2.00 bits per heavy atom. The van der Waals surface area contributed by atoms with Gasteiger partial charge in [-0.1, -0.05) is 25.5 Å². The zero-order valence-corrected chi connectivity index (χ0v) is 48.1. The van der Waals surface area contributed by atoms with E-state index in [1.807, 2.05) is 11.0 Å². The third kappa shape index (κ3) is 9.19. The number of Topliss-reactive ketones (excluding diaryl/α,β-unsaturated/α-hetero) is 1. The van der Waals surface area contributed by atoms with Crippen molar-refractivity contribution in [2.45, 2.75) is 122 Å². The number of carbonyl (C=O) groups is 5. The molecule has 21 heteroatoms. The van der Waals surface area contributed by atoms with Gasteiger partial charge in [0, 0.05) is 86.5 Å². The minimum absolute atomic E-state index is 0.0317. The Kier molecular flexibility index (Phi) is 14.1. The van der Waals surface area contributed by atoms with Gasteiger partial charge in [0.1, 0.15) is 22.5 Å². The number of nitrogens with zero attached hydrogens (tertiary/aromatic N) is 5. The molecule has 4 aromatic rings. The summed E-state index contributed by atoms with van der Waals surface area (Å²) in [4.78, 5) is 101. The van der Waals surface area contributed by atoms with E-state index in [0.29, 0.717) is 50.2 Å². The molecule has 5 saturated carbocycles. The number of rotatable bonds is 13. The molecule has 8 fully saturated rings. The van der Waals surface area contributed by atoms with Gasteiger partial charge in [0.25, 0.3) is 0 Å². The van der Waals surface area contributed by atoms with Crippen LogP contribution in [0.3, 0.4) is 0 Å². The van der Waals surface area contributed by atoms with Crippen molar-refractivity contribution in [3.8, 4) is 11.5 Å². The first-order chi connectivity index (χ1) is 40.3. The number of hydrogen-bond acceptors (Lipinski definition) is 16. The summed E-state index contributed by atoms with van der Waals surface area (Å²) >= 11 is 0. The number of benzene rings is 2. The van der Waals surface area contributed by atoms with Crippen molar-refractivity contribution < 1.29 is 61.5 Å². The number of hydrogen-bond donors (Lipinski definition) is 2. The van der Waals surface area contributed by atoms with Crippen LogP contribution in [0.15, 0.2) is 57.9 Å². The Labute approximate surface area is 483 Å². The molecule has 5 unspecified atom stereocenters. The summed E-state index contributed by atoms with van der Waals surface area (Å²) in [5.41, 5.74) is -1.18. The molecule has 0 bridgehead atoms. The number of amides is 1. The molecule has 13 rings (SSSR count). The molecule has 2 aromatic carbocycles. The van der Waals surface area contributed by atoms with Crippen molar-refractivity contribution in [2.24, 2.45) is 40.4 Å². The Balaban J connectivity index is 0.668. The second kappa shape index (κ2) is 21.1. The molecule has 9 aliphatic rings. The topological polar surface area (TPSA) is 217 Å². The molecule has 3 saturated heterocycles. The van der Waals surface area contributed by atoms with E-state index in [1.54, 1.807) is 33.1 Å². The molecule has 10 atom stereocenters. The van der Waals surface area contributed by atoms with Gasteiger partial charge < -0.3 is 57.9 Å². The summed E-state index contributed by atoms with van der Waals surface area (Å²) in [6, 6.07) is 1.68. The number of ketones is 2. The lowest BCUT2D eigenvalue weighted by Gasteiger charge is -2.58. The third-order valence-electron chi connectivity index (χ3n) is 20.8. The van der Waals surface area contributed by atoms with Gasteiger partial charge in [0.15, 0.2) is 41.3 Å². The van der Waals surface area contributed by atoms with Crippen LogP contribution in [0.4, 0.5) is 25.0 Å². The molecule has 0 spiro atoms. The van der Waals surface area contributed by atoms with Crippen LogP contribution in [0.1, 0.15) is 124 Å². The smallest absolute Gasteiger partial charge is 0.413 e. The SMILES string of the molecule is COc1c(N2CC3CCCNC3C2)c(F)cc2c(=O)c(C(=O)OCOC(=O)N3CCN(c4c(F)cc5c(=O)c(C(=O)OCC(=O)[C@H]6CCC7[C@@H]8CCC9=CC(=O)C=C[C@]9(C)C8[C@@H](O)C[C@@]76C)cn(C6CC6)c5c4OC)CC3C)cn(C3CC3)c12. The number of halogens is 2. The number of anilines is 2. The van der Waals surface area contributed by atoms with Gasteiger partial charge in [-0.3, -0.25) is 19.2 Å². The van der Waals surface area contributed by atoms with Crippen molar-refractivity contribution in [3.05, 3.63) is 91.5 Å². The number of fused-ring (bicyclic) bond motifs is 8. The molecular formula is C63H72F2N6O13. The van der Waals surface area contributed by atoms with E-state index >= 15 is 8.78 Å². The molecule has 446 valence electrons. The summed E-state index contributed by atoms with van der Waals surface area (Å²) in [5.74, 6) is -3.47. The summed E-state index contributed by atoms with van der Waals surface area (Å²) < 4.78 is 64.8. The lowest BCUT2D eigenvalue weighted by molar-refractivity contribution is -0.141. The van der Waals surface area contributed by atoms with E-state index < -0.39 is 82.8 Å². The maximum atomic E-state index is 16.7. The molecule has 84 heavy (non-hydrogen) atoms. The fourth-order valence-electron chi connectivity index (χ4n) is 16.6. The number of aliphatic hydroxyl groups is 1. The van der Waals surface area contributed by atoms with Gasteiger partial charge in [0.05, 0.1) is 42.1 Å². The number of carbonyl (C=O) groups excluding carboxylic acids is 5. The number of aliphatic hydroxyl groups excluding tert-OH is 1. The zero-order valence-electron chi connectivity index (χ0n) is 48.1. The number of aromatic nitrogens is 2. The Morgan fingerprint density at radius 1 is 0.762 bits per heavy atom. The van der Waals surface area contributed by atoms with Gasteiger partial charge in [-0.05, 0) is 132 Å². The van der Waals surface area contributed by atoms with Crippen LogP contribution in [0.5, 0.6) is 11.5 Å². The molecule has 6 aliphatic carbocycles.